The van der Waals surface area contributed by atoms with Crippen LogP contribution in [0.15, 0.2) is 12.2 Å². The molecular weight excluding hydrogens is 146 g/mol. The number of halogens is 2. The van der Waals surface area contributed by atoms with Crippen LogP contribution in [0.3, 0.4) is 0 Å². The van der Waals surface area contributed by atoms with Crippen LogP contribution in [0.4, 0.5) is 8.78 Å². The second kappa shape index (κ2) is 7.27. The first-order chi connectivity index (χ1) is 5.27. The molecule has 0 nitrogen and oxygen atoms in total. The third-order valence-corrected chi connectivity index (χ3v) is 1.19. The van der Waals surface area contributed by atoms with Gasteiger partial charge < -0.3 is 0 Å². The molecule has 0 aromatic carbocycles. The largest absolute Gasteiger partial charge is 0.278 e. The van der Waals surface area contributed by atoms with Gasteiger partial charge in [-0.25, -0.2) is 0 Å². The smallest absolute Gasteiger partial charge is 0.173 e. The molecule has 0 rings (SSSR count). The summed E-state index contributed by atoms with van der Waals surface area (Å²) in [5.74, 6) is 4.93. The Morgan fingerprint density at radius 1 is 1.36 bits per heavy atom. The quantitative estimate of drug-likeness (QED) is 0.436. The van der Waals surface area contributed by atoms with Crippen LogP contribution in [-0.4, -0.2) is 0 Å². The maximum absolute atomic E-state index is 11.4. The summed E-state index contributed by atoms with van der Waals surface area (Å²) < 4.78 is 22.7. The number of unbranched alkanes of at least 4 members (excludes halogenated alkanes) is 3. The van der Waals surface area contributed by atoms with Crippen LogP contribution in [-0.2, 0) is 0 Å². The van der Waals surface area contributed by atoms with Crippen LogP contribution in [0.25, 0.3) is 0 Å². The van der Waals surface area contributed by atoms with Crippen molar-refractivity contribution in [3.05, 3.63) is 12.2 Å². The highest BCUT2D eigenvalue weighted by atomic mass is 19.3. The summed E-state index contributed by atoms with van der Waals surface area (Å²) in [7, 11) is 0. The monoisotopic (exact) mass is 158 g/mol. The van der Waals surface area contributed by atoms with Gasteiger partial charge in [0.1, 0.15) is 0 Å². The van der Waals surface area contributed by atoms with E-state index < -0.39 is 6.08 Å². The van der Waals surface area contributed by atoms with E-state index >= 15 is 0 Å². The predicted molar refractivity (Wildman–Crippen MR) is 42.2 cm³/mol. The summed E-state index contributed by atoms with van der Waals surface area (Å²) in [5.41, 5.74) is 0. The van der Waals surface area contributed by atoms with Crippen molar-refractivity contribution in [2.24, 2.45) is 0 Å². The second-order valence-electron chi connectivity index (χ2n) is 2.21. The maximum Gasteiger partial charge on any atom is 0.278 e. The normalized spacial score (nSPS) is 8.27. The molecule has 0 unspecified atom stereocenters. The van der Waals surface area contributed by atoms with Crippen molar-refractivity contribution >= 4 is 0 Å². The molecule has 0 spiro atoms. The molecule has 62 valence electrons. The minimum absolute atomic E-state index is 0.645. The van der Waals surface area contributed by atoms with Crippen LogP contribution < -0.4 is 0 Å². The lowest BCUT2D eigenvalue weighted by Crippen LogP contribution is -1.70. The highest BCUT2D eigenvalue weighted by molar-refractivity contribution is 5.15. The molecule has 0 aliphatic heterocycles. The number of hydrogen-bond acceptors (Lipinski definition) is 0. The molecule has 0 heterocycles. The first-order valence-corrected chi connectivity index (χ1v) is 3.77. The summed E-state index contributed by atoms with van der Waals surface area (Å²) in [5, 5.41) is 0. The van der Waals surface area contributed by atoms with Crippen molar-refractivity contribution in [3.63, 3.8) is 0 Å². The Labute approximate surface area is 66.3 Å². The maximum atomic E-state index is 11.4. The molecular formula is C9H12F2. The minimum Gasteiger partial charge on any atom is -0.173 e. The summed E-state index contributed by atoms with van der Waals surface area (Å²) in [6.07, 6.45) is 2.91. The first-order valence-electron chi connectivity index (χ1n) is 3.77. The van der Waals surface area contributed by atoms with E-state index in [1.54, 1.807) is 0 Å². The van der Waals surface area contributed by atoms with E-state index in [9.17, 15) is 8.78 Å². The highest BCUT2D eigenvalue weighted by Crippen LogP contribution is 1.97. The fourth-order valence-corrected chi connectivity index (χ4v) is 0.641. The lowest BCUT2D eigenvalue weighted by Gasteiger charge is -1.87. The van der Waals surface area contributed by atoms with Crippen molar-refractivity contribution < 1.29 is 8.78 Å². The fraction of sp³-hybridized carbons (Fsp3) is 0.556. The van der Waals surface area contributed by atoms with Crippen LogP contribution in [0.1, 0.15) is 32.6 Å². The number of rotatable bonds is 3. The zero-order chi connectivity index (χ0) is 8.53. The van der Waals surface area contributed by atoms with E-state index in [4.69, 9.17) is 0 Å². The highest BCUT2D eigenvalue weighted by Gasteiger charge is 1.81. The Bertz CT molecular complexity index is 168. The summed E-state index contributed by atoms with van der Waals surface area (Å²) >= 11 is 0. The van der Waals surface area contributed by atoms with Gasteiger partial charge in [0.15, 0.2) is 0 Å². The van der Waals surface area contributed by atoms with Gasteiger partial charge in [-0.15, -0.1) is 0 Å². The SMILES string of the molecule is CCCCCC#CC=C(F)F. The summed E-state index contributed by atoms with van der Waals surface area (Å²) in [6.45, 7) is 2.09. The van der Waals surface area contributed by atoms with Gasteiger partial charge in [0, 0.05) is 6.42 Å². The Balaban J connectivity index is 3.34. The van der Waals surface area contributed by atoms with Gasteiger partial charge in [0.05, 0.1) is 6.08 Å². The van der Waals surface area contributed by atoms with Crippen molar-refractivity contribution in [2.75, 3.05) is 0 Å². The van der Waals surface area contributed by atoms with Crippen LogP contribution in [0, 0.1) is 11.8 Å². The predicted octanol–water partition coefficient (Wildman–Crippen LogP) is 3.35. The average Bonchev–Trinajstić information content (AvgIpc) is 1.96. The zero-order valence-corrected chi connectivity index (χ0v) is 6.66. The van der Waals surface area contributed by atoms with Crippen LogP contribution in [0.2, 0.25) is 0 Å². The Morgan fingerprint density at radius 2 is 2.09 bits per heavy atom. The lowest BCUT2D eigenvalue weighted by molar-refractivity contribution is 0.422. The lowest BCUT2D eigenvalue weighted by atomic mass is 10.2. The van der Waals surface area contributed by atoms with Crippen LogP contribution >= 0.6 is 0 Å². The summed E-state index contributed by atoms with van der Waals surface area (Å²) in [4.78, 5) is 0. The molecule has 0 aliphatic rings. The van der Waals surface area contributed by atoms with E-state index in [-0.39, 0.29) is 0 Å². The molecule has 0 aromatic heterocycles. The van der Waals surface area contributed by atoms with Gasteiger partial charge in [-0.3, -0.25) is 0 Å². The summed E-state index contributed by atoms with van der Waals surface area (Å²) in [6, 6.07) is 0. The van der Waals surface area contributed by atoms with E-state index in [0.717, 1.165) is 25.7 Å². The molecule has 0 radical (unpaired) electrons. The Hall–Kier alpha value is -0.840. The fourth-order valence-electron chi connectivity index (χ4n) is 0.641. The molecule has 0 aromatic rings. The molecule has 2 heteroatoms. The molecule has 0 bridgehead atoms. The first kappa shape index (κ1) is 10.2. The van der Waals surface area contributed by atoms with Crippen molar-refractivity contribution in [1.82, 2.24) is 0 Å². The Kier molecular flexibility index (Phi) is 6.71. The van der Waals surface area contributed by atoms with Crippen LogP contribution in [0.5, 0.6) is 0 Å². The topological polar surface area (TPSA) is 0 Å². The van der Waals surface area contributed by atoms with Gasteiger partial charge in [-0.1, -0.05) is 31.6 Å². The number of allylic oxidation sites excluding steroid dienone is 1. The molecule has 0 N–H and O–H groups in total. The third-order valence-electron chi connectivity index (χ3n) is 1.19. The van der Waals surface area contributed by atoms with Crippen molar-refractivity contribution in [2.45, 2.75) is 32.6 Å². The molecule has 0 atom stereocenters. The van der Waals surface area contributed by atoms with E-state index in [0.29, 0.717) is 6.08 Å². The molecule has 0 saturated heterocycles. The molecule has 0 saturated carbocycles. The van der Waals surface area contributed by atoms with Gasteiger partial charge in [-0.2, -0.15) is 8.78 Å². The zero-order valence-electron chi connectivity index (χ0n) is 6.66. The van der Waals surface area contributed by atoms with E-state index in [1.807, 2.05) is 0 Å². The standard InChI is InChI=1S/C9H12F2/c1-2-3-4-5-6-7-8-9(10)11/h8H,2-5H2,1H3. The molecule has 11 heavy (non-hydrogen) atoms. The van der Waals surface area contributed by atoms with Gasteiger partial charge in [0.25, 0.3) is 6.08 Å². The second-order valence-corrected chi connectivity index (χ2v) is 2.21. The number of hydrogen-bond donors (Lipinski definition) is 0. The Morgan fingerprint density at radius 3 is 2.64 bits per heavy atom. The van der Waals surface area contributed by atoms with E-state index in [1.165, 1.54) is 0 Å². The molecule has 0 amide bonds. The molecule has 0 aliphatic carbocycles. The third kappa shape index (κ3) is 9.16. The van der Waals surface area contributed by atoms with Crippen molar-refractivity contribution in [3.8, 4) is 11.8 Å². The minimum atomic E-state index is -1.71. The van der Waals surface area contributed by atoms with Gasteiger partial charge >= 0.3 is 0 Å². The van der Waals surface area contributed by atoms with Crippen molar-refractivity contribution in [1.29, 1.82) is 0 Å². The van der Waals surface area contributed by atoms with Gasteiger partial charge in [-0.05, 0) is 6.42 Å². The average molecular weight is 158 g/mol. The molecule has 0 fully saturated rings. The van der Waals surface area contributed by atoms with E-state index in [2.05, 4.69) is 18.8 Å². The van der Waals surface area contributed by atoms with Gasteiger partial charge in [0.2, 0.25) is 0 Å².